The van der Waals surface area contributed by atoms with Crippen LogP contribution in [0.1, 0.15) is 11.8 Å². The van der Waals surface area contributed by atoms with Gasteiger partial charge in [-0.1, -0.05) is 30.7 Å². The summed E-state index contributed by atoms with van der Waals surface area (Å²) in [4.78, 5) is 11.2. The molecule has 2 aromatic heterocycles. The van der Waals surface area contributed by atoms with Crippen molar-refractivity contribution in [2.75, 3.05) is 7.11 Å². The summed E-state index contributed by atoms with van der Waals surface area (Å²) in [6.07, 6.45) is 0.978. The van der Waals surface area contributed by atoms with Crippen LogP contribution in [0, 0.1) is 0 Å². The first kappa shape index (κ1) is 13.3. The Kier molecular flexibility index (Phi) is 3.59. The van der Waals surface area contributed by atoms with Crippen molar-refractivity contribution < 1.29 is 4.74 Å². The van der Waals surface area contributed by atoms with Gasteiger partial charge in [0.15, 0.2) is 5.82 Å². The van der Waals surface area contributed by atoms with E-state index in [1.54, 1.807) is 18.4 Å². The standard InChI is InChI=1S/C15H13ClN2OS/c1-3-11-8-12-13(16)17-14(18-15(12)20-11)9-5-4-6-10(7-9)19-2/h4-8H,3H2,1-2H3. The van der Waals surface area contributed by atoms with Gasteiger partial charge >= 0.3 is 0 Å². The van der Waals surface area contributed by atoms with E-state index in [0.29, 0.717) is 11.0 Å². The van der Waals surface area contributed by atoms with E-state index in [2.05, 4.69) is 23.0 Å². The number of methoxy groups -OCH3 is 1. The molecule has 0 saturated heterocycles. The summed E-state index contributed by atoms with van der Waals surface area (Å²) in [7, 11) is 1.64. The van der Waals surface area contributed by atoms with Crippen LogP contribution in [0.5, 0.6) is 5.75 Å². The zero-order valence-electron chi connectivity index (χ0n) is 11.2. The molecule has 102 valence electrons. The van der Waals surface area contributed by atoms with Crippen LogP contribution in [0.4, 0.5) is 0 Å². The van der Waals surface area contributed by atoms with E-state index in [-0.39, 0.29) is 0 Å². The molecule has 5 heteroatoms. The van der Waals surface area contributed by atoms with E-state index in [9.17, 15) is 0 Å². The predicted molar refractivity (Wildman–Crippen MR) is 83.8 cm³/mol. The summed E-state index contributed by atoms with van der Waals surface area (Å²) in [6.45, 7) is 2.12. The van der Waals surface area contributed by atoms with Crippen LogP contribution in [0.3, 0.4) is 0 Å². The third kappa shape index (κ3) is 2.37. The van der Waals surface area contributed by atoms with Crippen molar-refractivity contribution in [3.8, 4) is 17.1 Å². The van der Waals surface area contributed by atoms with Crippen molar-refractivity contribution in [2.24, 2.45) is 0 Å². The van der Waals surface area contributed by atoms with Crippen molar-refractivity contribution in [3.63, 3.8) is 0 Å². The van der Waals surface area contributed by atoms with Gasteiger partial charge in [-0.15, -0.1) is 11.3 Å². The van der Waals surface area contributed by atoms with Gasteiger partial charge in [0.2, 0.25) is 0 Å². The molecule has 3 nitrogen and oxygen atoms in total. The number of rotatable bonds is 3. The van der Waals surface area contributed by atoms with E-state index < -0.39 is 0 Å². The van der Waals surface area contributed by atoms with Crippen molar-refractivity contribution in [2.45, 2.75) is 13.3 Å². The van der Waals surface area contributed by atoms with Crippen LogP contribution >= 0.6 is 22.9 Å². The van der Waals surface area contributed by atoms with E-state index in [1.165, 1.54) is 4.88 Å². The molecular formula is C15H13ClN2OS. The topological polar surface area (TPSA) is 35.0 Å². The number of halogens is 1. The van der Waals surface area contributed by atoms with Crippen molar-refractivity contribution >= 4 is 33.2 Å². The molecule has 0 aliphatic rings. The van der Waals surface area contributed by atoms with Gasteiger partial charge in [0.05, 0.1) is 7.11 Å². The van der Waals surface area contributed by atoms with Gasteiger partial charge in [0, 0.05) is 15.8 Å². The first-order chi connectivity index (χ1) is 9.71. The maximum absolute atomic E-state index is 6.28. The number of hydrogen-bond donors (Lipinski definition) is 0. The number of thiophene rings is 1. The Morgan fingerprint density at radius 3 is 2.85 bits per heavy atom. The predicted octanol–water partition coefficient (Wildman–Crippen LogP) is 4.58. The maximum Gasteiger partial charge on any atom is 0.162 e. The van der Waals surface area contributed by atoms with Gasteiger partial charge in [-0.05, 0) is 24.6 Å². The maximum atomic E-state index is 6.28. The Labute approximate surface area is 126 Å². The van der Waals surface area contributed by atoms with Gasteiger partial charge in [-0.3, -0.25) is 0 Å². The van der Waals surface area contributed by atoms with Gasteiger partial charge in [-0.2, -0.15) is 0 Å². The first-order valence-corrected chi connectivity index (χ1v) is 7.51. The van der Waals surface area contributed by atoms with Crippen LogP contribution in [0.2, 0.25) is 5.15 Å². The molecule has 1 aromatic carbocycles. The van der Waals surface area contributed by atoms with Gasteiger partial charge < -0.3 is 4.74 Å². The van der Waals surface area contributed by atoms with Crippen LogP contribution < -0.4 is 4.74 Å². The minimum absolute atomic E-state index is 0.503. The van der Waals surface area contributed by atoms with Crippen molar-refractivity contribution in [1.29, 1.82) is 0 Å². The van der Waals surface area contributed by atoms with E-state index in [1.807, 2.05) is 24.3 Å². The summed E-state index contributed by atoms with van der Waals surface area (Å²) >= 11 is 7.94. The molecule has 0 atom stereocenters. The van der Waals surface area contributed by atoms with E-state index >= 15 is 0 Å². The molecule has 0 N–H and O–H groups in total. The molecule has 20 heavy (non-hydrogen) atoms. The molecule has 0 spiro atoms. The fourth-order valence-corrected chi connectivity index (χ4v) is 3.25. The smallest absolute Gasteiger partial charge is 0.162 e. The molecule has 0 radical (unpaired) electrons. The van der Waals surface area contributed by atoms with Crippen molar-refractivity contribution in [1.82, 2.24) is 9.97 Å². The minimum atomic E-state index is 0.503. The molecule has 0 saturated carbocycles. The molecule has 0 fully saturated rings. The summed E-state index contributed by atoms with van der Waals surface area (Å²) in [5, 5.41) is 1.43. The minimum Gasteiger partial charge on any atom is -0.497 e. The molecule has 0 unspecified atom stereocenters. The molecule has 0 amide bonds. The highest BCUT2D eigenvalue weighted by molar-refractivity contribution is 7.18. The van der Waals surface area contributed by atoms with E-state index in [4.69, 9.17) is 16.3 Å². The molecule has 3 rings (SSSR count). The Bertz CT molecular complexity index is 770. The third-order valence-electron chi connectivity index (χ3n) is 3.07. The second kappa shape index (κ2) is 5.38. The van der Waals surface area contributed by atoms with Gasteiger partial charge in [-0.25, -0.2) is 9.97 Å². The Balaban J connectivity index is 2.15. The lowest BCUT2D eigenvalue weighted by Crippen LogP contribution is -1.90. The van der Waals surface area contributed by atoms with Crippen LogP contribution in [-0.2, 0) is 6.42 Å². The second-order valence-electron chi connectivity index (χ2n) is 4.36. The van der Waals surface area contributed by atoms with Crippen molar-refractivity contribution in [3.05, 3.63) is 40.4 Å². The number of ether oxygens (including phenoxy) is 1. The summed E-state index contributed by atoms with van der Waals surface area (Å²) in [5.41, 5.74) is 0.902. The average molecular weight is 305 g/mol. The monoisotopic (exact) mass is 304 g/mol. The fraction of sp³-hybridized carbons (Fsp3) is 0.200. The van der Waals surface area contributed by atoms with Crippen LogP contribution in [0.15, 0.2) is 30.3 Å². The lowest BCUT2D eigenvalue weighted by atomic mass is 10.2. The Morgan fingerprint density at radius 1 is 1.25 bits per heavy atom. The number of benzene rings is 1. The zero-order valence-corrected chi connectivity index (χ0v) is 12.8. The number of fused-ring (bicyclic) bond motifs is 1. The summed E-state index contributed by atoms with van der Waals surface area (Å²) in [6, 6.07) is 9.74. The lowest BCUT2D eigenvalue weighted by molar-refractivity contribution is 0.415. The van der Waals surface area contributed by atoms with Crippen LogP contribution in [-0.4, -0.2) is 17.1 Å². The molecule has 0 aliphatic heterocycles. The lowest BCUT2D eigenvalue weighted by Gasteiger charge is -2.04. The number of nitrogens with zero attached hydrogens (tertiary/aromatic N) is 2. The number of aromatic nitrogens is 2. The normalized spacial score (nSPS) is 10.9. The molecule has 0 bridgehead atoms. The SMILES string of the molecule is CCc1cc2c(Cl)nc(-c3cccc(OC)c3)nc2s1. The van der Waals surface area contributed by atoms with Gasteiger partial charge in [0.1, 0.15) is 15.7 Å². The highest BCUT2D eigenvalue weighted by atomic mass is 35.5. The highest BCUT2D eigenvalue weighted by Gasteiger charge is 2.11. The summed E-state index contributed by atoms with van der Waals surface area (Å²) in [5.74, 6) is 1.41. The molecule has 0 aliphatic carbocycles. The van der Waals surface area contributed by atoms with E-state index in [0.717, 1.165) is 28.0 Å². The number of hydrogen-bond acceptors (Lipinski definition) is 4. The Morgan fingerprint density at radius 2 is 2.10 bits per heavy atom. The van der Waals surface area contributed by atoms with Gasteiger partial charge in [0.25, 0.3) is 0 Å². The molecular weight excluding hydrogens is 292 g/mol. The quantitative estimate of drug-likeness (QED) is 0.664. The highest BCUT2D eigenvalue weighted by Crippen LogP contribution is 2.32. The summed E-state index contributed by atoms with van der Waals surface area (Å²) < 4.78 is 5.23. The number of aryl methyl sites for hydroxylation is 1. The Hall–Kier alpha value is -1.65. The average Bonchev–Trinajstić information content (AvgIpc) is 2.91. The second-order valence-corrected chi connectivity index (χ2v) is 5.83. The third-order valence-corrected chi connectivity index (χ3v) is 4.54. The zero-order chi connectivity index (χ0) is 14.1. The van der Waals surface area contributed by atoms with Crippen LogP contribution in [0.25, 0.3) is 21.6 Å². The fourth-order valence-electron chi connectivity index (χ4n) is 2.00. The molecule has 3 aromatic rings. The first-order valence-electron chi connectivity index (χ1n) is 6.31. The molecule has 2 heterocycles. The largest absolute Gasteiger partial charge is 0.497 e.